The van der Waals surface area contributed by atoms with Gasteiger partial charge in [-0.2, -0.15) is 0 Å². The van der Waals surface area contributed by atoms with Gasteiger partial charge in [-0.1, -0.05) is 6.92 Å². The van der Waals surface area contributed by atoms with E-state index in [4.69, 9.17) is 28.4 Å². The largest absolute Gasteiger partial charge is 0.509 e. The minimum Gasteiger partial charge on any atom is -0.429 e. The van der Waals surface area contributed by atoms with Crippen molar-refractivity contribution in [3.8, 4) is 0 Å². The number of carbonyl (C=O) groups is 1. The predicted octanol–water partition coefficient (Wildman–Crippen LogP) is 2.27. The first-order valence-electron chi connectivity index (χ1n) is 7.77. The minimum absolute atomic E-state index is 0.0390. The highest BCUT2D eigenvalue weighted by Crippen LogP contribution is 2.24. The first-order valence-corrected chi connectivity index (χ1v) is 7.77. The van der Waals surface area contributed by atoms with Crippen LogP contribution in [0.25, 0.3) is 0 Å². The van der Waals surface area contributed by atoms with Crippen molar-refractivity contribution in [3.05, 3.63) is 0 Å². The molecule has 0 spiro atoms. The van der Waals surface area contributed by atoms with Crippen LogP contribution in [0.2, 0.25) is 0 Å². The van der Waals surface area contributed by atoms with Gasteiger partial charge in [0.2, 0.25) is 0 Å². The summed E-state index contributed by atoms with van der Waals surface area (Å²) in [5.41, 5.74) is -0.856. The summed E-state index contributed by atoms with van der Waals surface area (Å²) in [7, 11) is 4.72. The molecule has 4 unspecified atom stereocenters. The fourth-order valence-electron chi connectivity index (χ4n) is 1.97. The Morgan fingerprint density at radius 3 is 2.00 bits per heavy atom. The Bertz CT molecular complexity index is 324. The summed E-state index contributed by atoms with van der Waals surface area (Å²) in [5.74, 6) is -0.0907. The van der Waals surface area contributed by atoms with E-state index in [-0.39, 0.29) is 24.7 Å². The van der Waals surface area contributed by atoms with Crippen molar-refractivity contribution in [2.75, 3.05) is 47.8 Å². The van der Waals surface area contributed by atoms with Gasteiger partial charge in [0, 0.05) is 27.2 Å². The summed E-state index contributed by atoms with van der Waals surface area (Å²) in [5, 5.41) is 0. The molecule has 0 fully saturated rings. The van der Waals surface area contributed by atoms with Crippen LogP contribution in [0.15, 0.2) is 0 Å². The number of carbonyl (C=O) groups excluding carboxylic acids is 1. The van der Waals surface area contributed by atoms with Crippen LogP contribution in [0.4, 0.5) is 4.79 Å². The van der Waals surface area contributed by atoms with Crippen molar-refractivity contribution < 1.29 is 33.2 Å². The SMILES string of the molecule is COCC(C)OCC(C)C(C)(COC)OC(=O)OC(C)COC. The smallest absolute Gasteiger partial charge is 0.429 e. The second kappa shape index (κ2) is 11.6. The maximum Gasteiger partial charge on any atom is 0.509 e. The van der Waals surface area contributed by atoms with Crippen LogP contribution < -0.4 is 0 Å². The van der Waals surface area contributed by atoms with Crippen LogP contribution in [0.1, 0.15) is 27.7 Å². The van der Waals surface area contributed by atoms with Crippen LogP contribution in [0.5, 0.6) is 0 Å². The second-order valence-electron chi connectivity index (χ2n) is 5.98. The molecule has 0 saturated carbocycles. The fourth-order valence-corrected chi connectivity index (χ4v) is 1.97. The quantitative estimate of drug-likeness (QED) is 0.506. The average Bonchev–Trinajstić information content (AvgIpc) is 2.45. The predicted molar refractivity (Wildman–Crippen MR) is 85.6 cm³/mol. The van der Waals surface area contributed by atoms with Gasteiger partial charge in [-0.25, -0.2) is 4.79 Å². The van der Waals surface area contributed by atoms with Crippen LogP contribution in [0.3, 0.4) is 0 Å². The molecule has 0 aromatic carbocycles. The molecular weight excluding hydrogens is 304 g/mol. The Balaban J connectivity index is 4.60. The number of hydrogen-bond donors (Lipinski definition) is 0. The van der Waals surface area contributed by atoms with Gasteiger partial charge in [0.15, 0.2) is 0 Å². The lowest BCUT2D eigenvalue weighted by atomic mass is 9.92. The molecule has 0 amide bonds. The number of hydrogen-bond acceptors (Lipinski definition) is 7. The van der Waals surface area contributed by atoms with Crippen molar-refractivity contribution in [2.24, 2.45) is 5.92 Å². The summed E-state index contributed by atoms with van der Waals surface area (Å²) in [4.78, 5) is 11.9. The van der Waals surface area contributed by atoms with E-state index in [1.807, 2.05) is 13.8 Å². The molecule has 0 saturated heterocycles. The van der Waals surface area contributed by atoms with E-state index in [1.54, 1.807) is 35.2 Å². The van der Waals surface area contributed by atoms with Crippen molar-refractivity contribution in [1.82, 2.24) is 0 Å². The summed E-state index contributed by atoms with van der Waals surface area (Å²) in [6.45, 7) is 8.85. The van der Waals surface area contributed by atoms with Gasteiger partial charge >= 0.3 is 6.16 Å². The third-order valence-electron chi connectivity index (χ3n) is 3.52. The van der Waals surface area contributed by atoms with Crippen LogP contribution in [0, 0.1) is 5.92 Å². The number of ether oxygens (including phenoxy) is 6. The van der Waals surface area contributed by atoms with Crippen LogP contribution >= 0.6 is 0 Å². The molecule has 0 radical (unpaired) electrons. The van der Waals surface area contributed by atoms with Gasteiger partial charge in [0.05, 0.1) is 32.5 Å². The van der Waals surface area contributed by atoms with Crippen molar-refractivity contribution in [1.29, 1.82) is 0 Å². The first kappa shape index (κ1) is 22.1. The normalized spacial score (nSPS) is 17.9. The van der Waals surface area contributed by atoms with Crippen molar-refractivity contribution in [2.45, 2.75) is 45.5 Å². The van der Waals surface area contributed by atoms with Gasteiger partial charge < -0.3 is 28.4 Å². The topological polar surface area (TPSA) is 72.5 Å². The van der Waals surface area contributed by atoms with E-state index >= 15 is 0 Å². The molecule has 0 heterocycles. The Hall–Kier alpha value is -0.890. The highest BCUT2D eigenvalue weighted by Gasteiger charge is 2.37. The van der Waals surface area contributed by atoms with Crippen LogP contribution in [-0.2, 0) is 28.4 Å². The summed E-state index contributed by atoms with van der Waals surface area (Å²) < 4.78 is 31.5. The molecule has 0 aliphatic rings. The molecular formula is C16H32O7. The highest BCUT2D eigenvalue weighted by atomic mass is 16.7. The minimum atomic E-state index is -0.856. The fraction of sp³-hybridized carbons (Fsp3) is 0.938. The Morgan fingerprint density at radius 2 is 1.48 bits per heavy atom. The third kappa shape index (κ3) is 9.10. The van der Waals surface area contributed by atoms with Crippen molar-refractivity contribution in [3.63, 3.8) is 0 Å². The molecule has 138 valence electrons. The standard InChI is InChI=1S/C16H32O7/c1-12(8-21-13(2)9-18-5)16(4,11-20-7)23-15(17)22-14(3)10-19-6/h12-14H,8-11H2,1-7H3. The molecule has 7 nitrogen and oxygen atoms in total. The zero-order valence-electron chi connectivity index (χ0n) is 15.4. The Labute approximate surface area is 139 Å². The zero-order valence-corrected chi connectivity index (χ0v) is 15.4. The molecule has 7 heteroatoms. The van der Waals surface area contributed by atoms with Crippen molar-refractivity contribution >= 4 is 6.16 Å². The average molecular weight is 336 g/mol. The molecule has 0 aliphatic carbocycles. The lowest BCUT2D eigenvalue weighted by molar-refractivity contribution is -0.120. The lowest BCUT2D eigenvalue weighted by Crippen LogP contribution is -2.45. The molecule has 0 rings (SSSR count). The molecule has 0 aliphatic heterocycles. The first-order chi connectivity index (χ1) is 10.8. The molecule has 0 N–H and O–H groups in total. The molecule has 0 aromatic rings. The summed E-state index contributed by atoms with van der Waals surface area (Å²) in [6.07, 6.45) is -1.17. The van der Waals surface area contributed by atoms with E-state index in [9.17, 15) is 4.79 Å². The monoisotopic (exact) mass is 336 g/mol. The summed E-state index contributed by atoms with van der Waals surface area (Å²) >= 11 is 0. The maximum absolute atomic E-state index is 11.9. The molecule has 0 bridgehead atoms. The van der Waals surface area contributed by atoms with Crippen LogP contribution in [-0.4, -0.2) is 71.7 Å². The second-order valence-corrected chi connectivity index (χ2v) is 5.98. The lowest BCUT2D eigenvalue weighted by Gasteiger charge is -2.34. The third-order valence-corrected chi connectivity index (χ3v) is 3.52. The van der Waals surface area contributed by atoms with E-state index in [0.29, 0.717) is 19.8 Å². The maximum atomic E-state index is 11.9. The Morgan fingerprint density at radius 1 is 0.913 bits per heavy atom. The van der Waals surface area contributed by atoms with Gasteiger partial charge in [-0.3, -0.25) is 0 Å². The van der Waals surface area contributed by atoms with Gasteiger partial charge in [0.1, 0.15) is 11.7 Å². The number of methoxy groups -OCH3 is 3. The Kier molecular flexibility index (Phi) is 11.2. The van der Waals surface area contributed by atoms with Gasteiger partial charge in [0.25, 0.3) is 0 Å². The molecule has 0 aromatic heterocycles. The van der Waals surface area contributed by atoms with E-state index in [0.717, 1.165) is 0 Å². The van der Waals surface area contributed by atoms with Gasteiger partial charge in [-0.15, -0.1) is 0 Å². The zero-order chi connectivity index (χ0) is 17.9. The van der Waals surface area contributed by atoms with Gasteiger partial charge in [-0.05, 0) is 20.8 Å². The molecule has 23 heavy (non-hydrogen) atoms. The molecule has 4 atom stereocenters. The van der Waals surface area contributed by atoms with E-state index in [2.05, 4.69) is 0 Å². The van der Waals surface area contributed by atoms with E-state index in [1.165, 1.54) is 0 Å². The summed E-state index contributed by atoms with van der Waals surface area (Å²) in [6, 6.07) is 0. The number of rotatable bonds is 12. The van der Waals surface area contributed by atoms with E-state index < -0.39 is 11.8 Å². The highest BCUT2D eigenvalue weighted by molar-refractivity contribution is 5.60.